The van der Waals surface area contributed by atoms with Crippen LogP contribution in [0.4, 0.5) is 0 Å². The Bertz CT molecular complexity index is 1000. The summed E-state index contributed by atoms with van der Waals surface area (Å²) in [5.74, 6) is -0.977. The van der Waals surface area contributed by atoms with Crippen LogP contribution in [0, 0.1) is 16.0 Å². The minimum Gasteiger partial charge on any atom is -0.496 e. The number of hydrogen-bond acceptors (Lipinski definition) is 7. The molecule has 26 heavy (non-hydrogen) atoms. The van der Waals surface area contributed by atoms with E-state index in [-0.39, 0.29) is 27.9 Å². The molecule has 0 spiro atoms. The lowest BCUT2D eigenvalue weighted by Crippen LogP contribution is -2.37. The van der Waals surface area contributed by atoms with Crippen molar-refractivity contribution in [1.29, 1.82) is 0 Å². The van der Waals surface area contributed by atoms with E-state index >= 15 is 0 Å². The van der Waals surface area contributed by atoms with Gasteiger partial charge in [0.25, 0.3) is 0 Å². The lowest BCUT2D eigenvalue weighted by Gasteiger charge is -2.25. The molecule has 0 N–H and O–H groups in total. The summed E-state index contributed by atoms with van der Waals surface area (Å²) in [5, 5.41) is 10.1. The third kappa shape index (κ3) is 2.33. The molecule has 0 bridgehead atoms. The highest BCUT2D eigenvalue weighted by molar-refractivity contribution is 8.04. The Morgan fingerprint density at radius 1 is 1.15 bits per heavy atom. The van der Waals surface area contributed by atoms with Crippen LogP contribution in [0.15, 0.2) is 47.6 Å². The van der Waals surface area contributed by atoms with Crippen LogP contribution in [-0.2, 0) is 0 Å². The first kappa shape index (κ1) is 16.5. The number of benzene rings is 1. The Morgan fingerprint density at radius 3 is 2.65 bits per heavy atom. The van der Waals surface area contributed by atoms with E-state index in [1.807, 2.05) is 0 Å². The zero-order valence-corrected chi connectivity index (χ0v) is 14.4. The van der Waals surface area contributed by atoms with E-state index in [0.717, 1.165) is 11.8 Å². The number of hydrogen-bond donors (Lipinski definition) is 0. The Morgan fingerprint density at radius 2 is 1.92 bits per heavy atom. The van der Waals surface area contributed by atoms with Crippen molar-refractivity contribution in [2.75, 3.05) is 7.11 Å². The molecule has 1 aromatic heterocycles. The number of aromatic nitrogens is 1. The molecule has 0 saturated carbocycles. The summed E-state index contributed by atoms with van der Waals surface area (Å²) in [4.78, 5) is 40.5. The average molecular weight is 368 g/mol. The number of fused-ring (bicyclic) bond motifs is 2. The molecule has 2 heterocycles. The van der Waals surface area contributed by atoms with Crippen LogP contribution >= 0.6 is 11.8 Å². The Labute approximate surface area is 152 Å². The predicted molar refractivity (Wildman–Crippen MR) is 94.8 cm³/mol. The highest BCUT2D eigenvalue weighted by atomic mass is 32.2. The van der Waals surface area contributed by atoms with E-state index in [0.29, 0.717) is 16.9 Å². The second-order valence-electron chi connectivity index (χ2n) is 5.84. The maximum atomic E-state index is 13.1. The second kappa shape index (κ2) is 6.06. The molecule has 2 unspecified atom stereocenters. The maximum Gasteiger partial charge on any atom is 0.300 e. The van der Waals surface area contributed by atoms with Crippen molar-refractivity contribution in [1.82, 2.24) is 4.98 Å². The van der Waals surface area contributed by atoms with Crippen molar-refractivity contribution in [2.24, 2.45) is 5.92 Å². The van der Waals surface area contributed by atoms with Crippen molar-refractivity contribution in [3.8, 4) is 16.9 Å². The van der Waals surface area contributed by atoms with Gasteiger partial charge in [-0.3, -0.25) is 24.7 Å². The van der Waals surface area contributed by atoms with Gasteiger partial charge in [-0.15, -0.1) is 0 Å². The summed E-state index contributed by atoms with van der Waals surface area (Å²) in [6, 6.07) is 8.82. The zero-order valence-electron chi connectivity index (χ0n) is 13.5. The van der Waals surface area contributed by atoms with E-state index < -0.39 is 16.1 Å². The fourth-order valence-electron chi connectivity index (χ4n) is 3.31. The van der Waals surface area contributed by atoms with Crippen LogP contribution in [0.1, 0.15) is 20.8 Å². The number of pyridine rings is 1. The van der Waals surface area contributed by atoms with E-state index in [2.05, 4.69) is 4.98 Å². The summed E-state index contributed by atoms with van der Waals surface area (Å²) in [7, 11) is 1.52. The lowest BCUT2D eigenvalue weighted by atomic mass is 9.81. The van der Waals surface area contributed by atoms with Gasteiger partial charge in [0.2, 0.25) is 0 Å². The zero-order chi connectivity index (χ0) is 18.4. The van der Waals surface area contributed by atoms with Crippen LogP contribution in [-0.4, -0.2) is 33.8 Å². The third-order valence-electron chi connectivity index (χ3n) is 4.47. The third-order valence-corrected chi connectivity index (χ3v) is 5.75. The van der Waals surface area contributed by atoms with Gasteiger partial charge in [-0.1, -0.05) is 18.2 Å². The molecule has 2 atom stereocenters. The van der Waals surface area contributed by atoms with E-state index in [1.165, 1.54) is 19.4 Å². The normalized spacial score (nSPS) is 21.0. The molecule has 0 saturated heterocycles. The number of carbonyl (C=O) groups excluding carboxylic acids is 2. The average Bonchev–Trinajstić information content (AvgIpc) is 3.12. The quantitative estimate of drug-likeness (QED) is 0.606. The van der Waals surface area contributed by atoms with E-state index in [9.17, 15) is 19.7 Å². The summed E-state index contributed by atoms with van der Waals surface area (Å²) in [6.45, 7) is 0. The molecule has 0 radical (unpaired) electrons. The molecule has 1 aromatic carbocycles. The van der Waals surface area contributed by atoms with Crippen molar-refractivity contribution in [3.05, 3.63) is 69.0 Å². The fraction of sp³-hybridized carbons (Fsp3) is 0.167. The Kier molecular flexibility index (Phi) is 3.84. The number of rotatable bonds is 3. The largest absolute Gasteiger partial charge is 0.496 e. The van der Waals surface area contributed by atoms with Crippen molar-refractivity contribution in [2.45, 2.75) is 5.25 Å². The van der Waals surface area contributed by atoms with Crippen LogP contribution in [0.2, 0.25) is 0 Å². The van der Waals surface area contributed by atoms with E-state index in [4.69, 9.17) is 4.74 Å². The fourth-order valence-corrected chi connectivity index (χ4v) is 4.45. The Balaban J connectivity index is 1.89. The maximum absolute atomic E-state index is 13.1. The van der Waals surface area contributed by atoms with Crippen molar-refractivity contribution in [3.63, 3.8) is 0 Å². The van der Waals surface area contributed by atoms with Gasteiger partial charge in [-0.25, -0.2) is 0 Å². The number of thioether (sulfide) groups is 1. The molecule has 8 heteroatoms. The molecule has 0 amide bonds. The van der Waals surface area contributed by atoms with E-state index in [1.54, 1.807) is 30.3 Å². The van der Waals surface area contributed by atoms with Gasteiger partial charge in [0.1, 0.15) is 11.4 Å². The standard InChI is InChI=1S/C18H12N2O5S/c1-25-12-5-3-2-4-9(12)10-6-7-19-15-14(10)17(22)18-11(16(15)21)8-13(26-18)20(23)24/h2-8,11,18H,1H3. The first-order valence-corrected chi connectivity index (χ1v) is 8.64. The van der Waals surface area contributed by atoms with Gasteiger partial charge in [-0.05, 0) is 23.9 Å². The van der Waals surface area contributed by atoms with Gasteiger partial charge in [0.05, 0.1) is 28.8 Å². The molecule has 2 aliphatic rings. The Hall–Kier alpha value is -3.00. The van der Waals surface area contributed by atoms with Gasteiger partial charge in [0, 0.05) is 23.4 Å². The van der Waals surface area contributed by atoms with Crippen LogP contribution in [0.3, 0.4) is 0 Å². The predicted octanol–water partition coefficient (Wildman–Crippen LogP) is 2.99. The second-order valence-corrected chi connectivity index (χ2v) is 7.00. The highest BCUT2D eigenvalue weighted by Crippen LogP contribution is 2.45. The number of nitrogens with zero attached hydrogens (tertiary/aromatic N) is 2. The van der Waals surface area contributed by atoms with Crippen LogP contribution in [0.5, 0.6) is 5.75 Å². The minimum absolute atomic E-state index is 0.0566. The first-order valence-electron chi connectivity index (χ1n) is 7.76. The van der Waals surface area contributed by atoms with Gasteiger partial charge >= 0.3 is 5.03 Å². The number of ketones is 2. The van der Waals surface area contributed by atoms with Crippen molar-refractivity contribution >= 4 is 23.3 Å². The molecular weight excluding hydrogens is 356 g/mol. The van der Waals surface area contributed by atoms with Crippen LogP contribution in [0.25, 0.3) is 11.1 Å². The molecule has 0 fully saturated rings. The molecule has 130 valence electrons. The lowest BCUT2D eigenvalue weighted by molar-refractivity contribution is -0.410. The number of para-hydroxylation sites is 1. The number of carbonyl (C=O) groups is 2. The summed E-state index contributed by atoms with van der Waals surface area (Å²) in [6.07, 6.45) is 2.72. The highest BCUT2D eigenvalue weighted by Gasteiger charge is 2.49. The SMILES string of the molecule is COc1ccccc1-c1ccnc2c1C(=O)C1SC([N+](=O)[O-])=CC1C2=O. The van der Waals surface area contributed by atoms with Gasteiger partial charge < -0.3 is 4.74 Å². The molecule has 2 aromatic rings. The smallest absolute Gasteiger partial charge is 0.300 e. The van der Waals surface area contributed by atoms with Gasteiger partial charge in [0.15, 0.2) is 11.6 Å². The monoisotopic (exact) mass is 368 g/mol. The summed E-state index contributed by atoms with van der Waals surface area (Å²) >= 11 is 0.825. The molecule has 4 rings (SSSR count). The number of Topliss-reactive ketones (excluding diaryl/α,β-unsaturated/α-hetero) is 2. The molecular formula is C18H12N2O5S. The number of allylic oxidation sites excluding steroid dienone is 1. The summed E-state index contributed by atoms with van der Waals surface area (Å²) in [5.41, 5.74) is 1.47. The van der Waals surface area contributed by atoms with Crippen molar-refractivity contribution < 1.29 is 19.2 Å². The summed E-state index contributed by atoms with van der Waals surface area (Å²) < 4.78 is 5.37. The molecule has 7 nitrogen and oxygen atoms in total. The first-order chi connectivity index (χ1) is 12.5. The number of nitro groups is 1. The topological polar surface area (TPSA) is 99.4 Å². The van der Waals surface area contributed by atoms with Crippen LogP contribution < -0.4 is 4.74 Å². The number of ether oxygens (including phenoxy) is 1. The number of methoxy groups -OCH3 is 1. The molecule has 1 aliphatic heterocycles. The minimum atomic E-state index is -0.846. The van der Waals surface area contributed by atoms with Gasteiger partial charge in [-0.2, -0.15) is 0 Å². The molecule has 1 aliphatic carbocycles.